The summed E-state index contributed by atoms with van der Waals surface area (Å²) in [4.78, 5) is 19.0. The van der Waals surface area contributed by atoms with E-state index in [1.165, 1.54) is 23.6 Å². The quantitative estimate of drug-likeness (QED) is 0.111. The Labute approximate surface area is 447 Å². The van der Waals surface area contributed by atoms with Gasteiger partial charge in [0.2, 0.25) is 0 Å². The van der Waals surface area contributed by atoms with Gasteiger partial charge in [-0.1, -0.05) is 113 Å². The Bertz CT molecular complexity index is 3770. The molecular formula is C66H60N4O4S2. The van der Waals surface area contributed by atoms with E-state index >= 15 is 0 Å². The predicted molar refractivity (Wildman–Crippen MR) is 314 cm³/mol. The van der Waals surface area contributed by atoms with Crippen molar-refractivity contribution >= 4 is 64.8 Å². The molecule has 0 saturated carbocycles. The smallest absolute Gasteiger partial charge is 0.175 e. The third-order valence-corrected chi connectivity index (χ3v) is 15.7. The number of nitrogens with zero attached hydrogens (tertiary/aromatic N) is 4. The highest BCUT2D eigenvalue weighted by atomic mass is 32.2. The van der Waals surface area contributed by atoms with E-state index in [-0.39, 0.29) is 0 Å². The molecule has 0 atom stereocenters. The Morgan fingerprint density at radius 3 is 1.14 bits per heavy atom. The fourth-order valence-corrected chi connectivity index (χ4v) is 10.4. The van der Waals surface area contributed by atoms with Gasteiger partial charge in [0.15, 0.2) is 19.7 Å². The number of hydrogen-bond acceptors (Lipinski definition) is 8. The fraction of sp³-hybridized carbons (Fsp3) is 0.152. The molecule has 0 aliphatic rings. The summed E-state index contributed by atoms with van der Waals surface area (Å²) in [5, 5.41) is 2.26. The van der Waals surface area contributed by atoms with Crippen LogP contribution in [0.4, 0.5) is 0 Å². The Kier molecular flexibility index (Phi) is 15.5. The highest BCUT2D eigenvalue weighted by Gasteiger charge is 2.16. The van der Waals surface area contributed by atoms with Crippen molar-refractivity contribution in [2.75, 3.05) is 12.5 Å². The summed E-state index contributed by atoms with van der Waals surface area (Å²) >= 11 is 0. The summed E-state index contributed by atoms with van der Waals surface area (Å²) in [5.41, 5.74) is 18.6. The van der Waals surface area contributed by atoms with Crippen molar-refractivity contribution < 1.29 is 16.8 Å². The number of hydrogen-bond donors (Lipinski definition) is 0. The highest BCUT2D eigenvalue weighted by molar-refractivity contribution is 7.91. The molecule has 4 aromatic heterocycles. The number of fused-ring (bicyclic) bond motifs is 2. The number of rotatable bonds is 12. The third kappa shape index (κ3) is 12.3. The first kappa shape index (κ1) is 52.7. The second-order valence-corrected chi connectivity index (χ2v) is 24.0. The minimum atomic E-state index is -3.28. The van der Waals surface area contributed by atoms with Gasteiger partial charge in [0, 0.05) is 81.7 Å². The van der Waals surface area contributed by atoms with E-state index in [0.717, 1.165) is 100.0 Å². The summed E-state index contributed by atoms with van der Waals surface area (Å²) in [6, 6.07) is 56.2. The van der Waals surface area contributed by atoms with Crippen LogP contribution in [0.1, 0.15) is 95.4 Å². The first-order chi connectivity index (χ1) is 36.4. The van der Waals surface area contributed by atoms with E-state index in [9.17, 15) is 16.8 Å². The number of pyridine rings is 4. The maximum Gasteiger partial charge on any atom is 0.175 e. The first-order valence-corrected chi connectivity index (χ1v) is 29.0. The second-order valence-electron chi connectivity index (χ2n) is 19.9. The van der Waals surface area contributed by atoms with E-state index < -0.39 is 19.7 Å². The zero-order valence-electron chi connectivity index (χ0n) is 44.0. The lowest BCUT2D eigenvalue weighted by Crippen LogP contribution is -1.97. The van der Waals surface area contributed by atoms with Crippen molar-refractivity contribution in [3.8, 4) is 22.3 Å². The molecule has 0 aliphatic heterocycles. The molecule has 10 aromatic rings. The van der Waals surface area contributed by atoms with Gasteiger partial charge >= 0.3 is 0 Å². The van der Waals surface area contributed by atoms with Crippen molar-refractivity contribution in [3.05, 3.63) is 251 Å². The van der Waals surface area contributed by atoms with Crippen LogP contribution >= 0.6 is 0 Å². The maximum absolute atomic E-state index is 12.0. The Morgan fingerprint density at radius 2 is 0.803 bits per heavy atom. The number of sulfone groups is 2. The summed E-state index contributed by atoms with van der Waals surface area (Å²) < 4.78 is 48.1. The van der Waals surface area contributed by atoms with Gasteiger partial charge < -0.3 is 0 Å². The summed E-state index contributed by atoms with van der Waals surface area (Å²) in [6.45, 7) is 12.7. The largest absolute Gasteiger partial charge is 0.261 e. The van der Waals surface area contributed by atoms with E-state index in [0.29, 0.717) is 21.6 Å². The molecule has 10 rings (SSSR count). The number of benzene rings is 6. The summed E-state index contributed by atoms with van der Waals surface area (Å²) in [7, 11) is -6.55. The van der Waals surface area contributed by atoms with Gasteiger partial charge in [-0.25, -0.2) is 16.8 Å². The van der Waals surface area contributed by atoms with Crippen molar-refractivity contribution in [3.63, 3.8) is 0 Å². The van der Waals surface area contributed by atoms with Gasteiger partial charge in [0.25, 0.3) is 0 Å². The molecule has 0 fully saturated rings. The molecular weight excluding hydrogens is 977 g/mol. The van der Waals surface area contributed by atoms with Gasteiger partial charge in [-0.05, 0) is 178 Å². The molecule has 0 aliphatic carbocycles. The van der Waals surface area contributed by atoms with Gasteiger partial charge in [-0.2, -0.15) is 0 Å². The lowest BCUT2D eigenvalue weighted by Gasteiger charge is -2.13. The molecule has 0 bridgehead atoms. The normalized spacial score (nSPS) is 12.3. The zero-order valence-corrected chi connectivity index (χ0v) is 45.7. The zero-order chi connectivity index (χ0) is 53.7. The van der Waals surface area contributed by atoms with Gasteiger partial charge in [-0.3, -0.25) is 19.9 Å². The Morgan fingerprint density at radius 1 is 0.421 bits per heavy atom. The van der Waals surface area contributed by atoms with Crippen LogP contribution in [0.25, 0.3) is 67.4 Å². The lowest BCUT2D eigenvalue weighted by atomic mass is 9.92. The molecule has 4 heterocycles. The highest BCUT2D eigenvalue weighted by Crippen LogP contribution is 2.36. The number of aryl methyl sites for hydroxylation is 2. The van der Waals surface area contributed by atoms with Crippen LogP contribution in [-0.2, 0) is 19.7 Å². The minimum absolute atomic E-state index is 0.300. The average Bonchev–Trinajstić information content (AvgIpc) is 3.42. The average molecular weight is 1040 g/mol. The predicted octanol–water partition coefficient (Wildman–Crippen LogP) is 15.4. The van der Waals surface area contributed by atoms with Crippen LogP contribution in [0.15, 0.2) is 204 Å². The summed E-state index contributed by atoms with van der Waals surface area (Å²) in [6.07, 6.45) is 14.1. The molecule has 8 nitrogen and oxygen atoms in total. The van der Waals surface area contributed by atoms with Crippen molar-refractivity contribution in [2.24, 2.45) is 0 Å². The van der Waals surface area contributed by atoms with E-state index in [1.54, 1.807) is 24.3 Å². The first-order valence-electron chi connectivity index (χ1n) is 25.3. The van der Waals surface area contributed by atoms with Crippen LogP contribution in [0.2, 0.25) is 0 Å². The van der Waals surface area contributed by atoms with Crippen LogP contribution in [-0.4, -0.2) is 49.3 Å². The maximum atomic E-state index is 12.0. The van der Waals surface area contributed by atoms with E-state index in [1.807, 2.05) is 99.3 Å². The van der Waals surface area contributed by atoms with Gasteiger partial charge in [0.05, 0.1) is 20.8 Å². The molecule has 0 radical (unpaired) electrons. The monoisotopic (exact) mass is 1040 g/mol. The fourth-order valence-electron chi connectivity index (χ4n) is 9.15. The second kappa shape index (κ2) is 22.3. The molecule has 0 N–H and O–H groups in total. The van der Waals surface area contributed by atoms with E-state index in [2.05, 4.69) is 135 Å². The minimum Gasteiger partial charge on any atom is -0.261 e. The standard InChI is InChI=1S/2C33H30N2O2S/c2*1-22(2)29-19-27-9-6-16-34-33(27)32(20-29)26-8-5-7-24(17-26)18-31(28-11-10-23(3)35-21-28)25-12-14-30(15-13-25)38(4,36)37/h2*5-22H,1-4H3/b31-18+;31-18-. The number of aromatic nitrogens is 4. The van der Waals surface area contributed by atoms with Gasteiger partial charge in [0.1, 0.15) is 0 Å². The Balaban J connectivity index is 0.000000186. The molecule has 0 amide bonds. The topological polar surface area (TPSA) is 120 Å². The van der Waals surface area contributed by atoms with Gasteiger partial charge in [-0.15, -0.1) is 0 Å². The van der Waals surface area contributed by atoms with Crippen LogP contribution in [0.5, 0.6) is 0 Å². The van der Waals surface area contributed by atoms with Crippen LogP contribution < -0.4 is 0 Å². The molecule has 0 spiro atoms. The van der Waals surface area contributed by atoms with Crippen LogP contribution in [0, 0.1) is 13.8 Å². The molecule has 0 unspecified atom stereocenters. The molecule has 76 heavy (non-hydrogen) atoms. The molecule has 380 valence electrons. The molecule has 10 heteroatoms. The van der Waals surface area contributed by atoms with Crippen molar-refractivity contribution in [2.45, 2.75) is 63.2 Å². The lowest BCUT2D eigenvalue weighted by molar-refractivity contribution is 0.600. The SMILES string of the molecule is Cc1ccc(/C(=C/c2cccc(-c3cc(C(C)C)cc4cccnc34)c2)c2ccc(S(C)(=O)=O)cc2)cn1.Cc1ccc(/C(=C\c2cccc(-c3cc(C(C)C)cc4cccnc34)c2)c2ccc(S(C)(=O)=O)cc2)cn1. The third-order valence-electron chi connectivity index (χ3n) is 13.4. The Hall–Kier alpha value is -8.18. The van der Waals surface area contributed by atoms with Crippen molar-refractivity contribution in [1.82, 2.24) is 19.9 Å². The summed E-state index contributed by atoms with van der Waals surface area (Å²) in [5.74, 6) is 0.800. The van der Waals surface area contributed by atoms with E-state index in [4.69, 9.17) is 9.97 Å². The molecule has 0 saturated heterocycles. The van der Waals surface area contributed by atoms with Crippen LogP contribution in [0.3, 0.4) is 0 Å². The molecule has 6 aromatic carbocycles. The van der Waals surface area contributed by atoms with Crippen molar-refractivity contribution in [1.29, 1.82) is 0 Å².